The molecule has 2 amide bonds. The maximum atomic E-state index is 12.1. The number of carbonyl (C=O) groups excluding carboxylic acids is 1. The number of urea groups is 1. The van der Waals surface area contributed by atoms with Crippen LogP contribution in [0.4, 0.5) is 4.79 Å². The van der Waals surface area contributed by atoms with Gasteiger partial charge in [0.2, 0.25) is 0 Å². The van der Waals surface area contributed by atoms with E-state index in [0.29, 0.717) is 6.54 Å². The van der Waals surface area contributed by atoms with Crippen molar-refractivity contribution in [1.82, 2.24) is 20.9 Å². The molecule has 1 fully saturated rings. The highest BCUT2D eigenvalue weighted by Crippen LogP contribution is 2.21. The molecule has 0 bridgehead atoms. The van der Waals surface area contributed by atoms with Crippen molar-refractivity contribution in [2.45, 2.75) is 13.0 Å². The zero-order chi connectivity index (χ0) is 18.2. The van der Waals surface area contributed by atoms with Crippen LogP contribution in [0.2, 0.25) is 0 Å². The third kappa shape index (κ3) is 5.31. The molecule has 5 nitrogen and oxygen atoms in total. The number of hydrogen-bond acceptors (Lipinski definition) is 3. The van der Waals surface area contributed by atoms with E-state index in [4.69, 9.17) is 0 Å². The van der Waals surface area contributed by atoms with Gasteiger partial charge in [0.05, 0.1) is 6.04 Å². The lowest BCUT2D eigenvalue weighted by Gasteiger charge is -2.27. The van der Waals surface area contributed by atoms with Gasteiger partial charge < -0.3 is 16.0 Å². The van der Waals surface area contributed by atoms with E-state index in [0.717, 1.165) is 38.3 Å². The van der Waals surface area contributed by atoms with Crippen LogP contribution in [0, 0.1) is 0 Å². The second-order valence-corrected chi connectivity index (χ2v) is 6.70. The van der Waals surface area contributed by atoms with Crippen molar-refractivity contribution in [2.24, 2.45) is 0 Å². The van der Waals surface area contributed by atoms with E-state index in [1.165, 1.54) is 11.1 Å². The maximum absolute atomic E-state index is 12.1. The van der Waals surface area contributed by atoms with Gasteiger partial charge in [-0.2, -0.15) is 0 Å². The van der Waals surface area contributed by atoms with Crippen LogP contribution in [0.15, 0.2) is 54.6 Å². The number of piperazine rings is 1. The summed E-state index contributed by atoms with van der Waals surface area (Å²) in [5, 5.41) is 9.30. The summed E-state index contributed by atoms with van der Waals surface area (Å²) in [7, 11) is 0. The van der Waals surface area contributed by atoms with Crippen LogP contribution in [0.1, 0.15) is 18.5 Å². The first-order valence-electron chi connectivity index (χ1n) is 9.35. The summed E-state index contributed by atoms with van der Waals surface area (Å²) >= 11 is 0. The van der Waals surface area contributed by atoms with E-state index in [-0.39, 0.29) is 12.1 Å². The molecular formula is C21H28N4O. The first kappa shape index (κ1) is 18.4. The number of amides is 2. The molecule has 1 atom stereocenters. The zero-order valence-corrected chi connectivity index (χ0v) is 15.4. The van der Waals surface area contributed by atoms with Crippen LogP contribution >= 0.6 is 0 Å². The van der Waals surface area contributed by atoms with E-state index in [1.807, 2.05) is 25.1 Å². The van der Waals surface area contributed by atoms with Gasteiger partial charge in [-0.25, -0.2) is 4.79 Å². The molecule has 0 radical (unpaired) electrons. The second kappa shape index (κ2) is 9.36. The van der Waals surface area contributed by atoms with Crippen LogP contribution in [-0.4, -0.2) is 50.2 Å². The minimum atomic E-state index is -0.111. The van der Waals surface area contributed by atoms with Gasteiger partial charge in [-0.05, 0) is 23.6 Å². The minimum Gasteiger partial charge on any atom is -0.337 e. The summed E-state index contributed by atoms with van der Waals surface area (Å²) in [5.41, 5.74) is 3.48. The minimum absolute atomic E-state index is 0.0287. The highest BCUT2D eigenvalue weighted by molar-refractivity contribution is 5.74. The molecule has 138 valence electrons. The highest BCUT2D eigenvalue weighted by atomic mass is 16.2. The van der Waals surface area contributed by atoms with Gasteiger partial charge in [-0.1, -0.05) is 54.6 Å². The van der Waals surface area contributed by atoms with E-state index in [9.17, 15) is 4.79 Å². The molecule has 0 aliphatic carbocycles. The first-order chi connectivity index (χ1) is 12.7. The SMILES string of the molecule is CC(NC(=O)NCCN1CCNCC1)c1ccc(-c2ccccc2)cc1. The van der Waals surface area contributed by atoms with Gasteiger partial charge in [-0.15, -0.1) is 0 Å². The van der Waals surface area contributed by atoms with E-state index >= 15 is 0 Å². The van der Waals surface area contributed by atoms with Gasteiger partial charge >= 0.3 is 6.03 Å². The highest BCUT2D eigenvalue weighted by Gasteiger charge is 2.11. The lowest BCUT2D eigenvalue weighted by molar-refractivity contribution is 0.225. The van der Waals surface area contributed by atoms with Gasteiger partial charge in [0, 0.05) is 39.3 Å². The summed E-state index contributed by atoms with van der Waals surface area (Å²) in [6.07, 6.45) is 0. The Labute approximate surface area is 155 Å². The van der Waals surface area contributed by atoms with Crippen LogP contribution < -0.4 is 16.0 Å². The molecule has 1 aliphatic rings. The number of carbonyl (C=O) groups is 1. The third-order valence-electron chi connectivity index (χ3n) is 4.79. The third-order valence-corrected chi connectivity index (χ3v) is 4.79. The van der Waals surface area contributed by atoms with E-state index in [2.05, 4.69) is 57.2 Å². The normalized spacial score (nSPS) is 16.0. The zero-order valence-electron chi connectivity index (χ0n) is 15.4. The lowest BCUT2D eigenvalue weighted by atomic mass is 10.0. The first-order valence-corrected chi connectivity index (χ1v) is 9.35. The molecule has 0 spiro atoms. The van der Waals surface area contributed by atoms with Crippen molar-refractivity contribution in [3.8, 4) is 11.1 Å². The number of nitrogens with one attached hydrogen (secondary N) is 3. The Kier molecular flexibility index (Phi) is 6.63. The topological polar surface area (TPSA) is 56.4 Å². The fourth-order valence-corrected chi connectivity index (χ4v) is 3.19. The summed E-state index contributed by atoms with van der Waals surface area (Å²) in [4.78, 5) is 14.5. The molecule has 2 aromatic rings. The average molecular weight is 352 g/mol. The molecule has 3 N–H and O–H groups in total. The van der Waals surface area contributed by atoms with Crippen molar-refractivity contribution in [3.63, 3.8) is 0 Å². The molecule has 26 heavy (non-hydrogen) atoms. The molecular weight excluding hydrogens is 324 g/mol. The monoisotopic (exact) mass is 352 g/mol. The quantitative estimate of drug-likeness (QED) is 0.749. The predicted molar refractivity (Wildman–Crippen MR) is 106 cm³/mol. The summed E-state index contributed by atoms with van der Waals surface area (Å²) in [6, 6.07) is 18.5. The summed E-state index contributed by atoms with van der Waals surface area (Å²) in [6.45, 7) is 7.74. The van der Waals surface area contributed by atoms with Crippen LogP contribution in [0.25, 0.3) is 11.1 Å². The van der Waals surface area contributed by atoms with Gasteiger partial charge in [0.1, 0.15) is 0 Å². The fourth-order valence-electron chi connectivity index (χ4n) is 3.19. The number of nitrogens with zero attached hydrogens (tertiary/aromatic N) is 1. The molecule has 1 saturated heterocycles. The second-order valence-electron chi connectivity index (χ2n) is 6.70. The molecule has 0 saturated carbocycles. The Bertz CT molecular complexity index is 681. The Morgan fingerprint density at radius 3 is 2.38 bits per heavy atom. The number of rotatable bonds is 6. The van der Waals surface area contributed by atoms with Crippen molar-refractivity contribution < 1.29 is 4.79 Å². The molecule has 1 heterocycles. The molecule has 1 unspecified atom stereocenters. The Morgan fingerprint density at radius 2 is 1.69 bits per heavy atom. The van der Waals surface area contributed by atoms with Gasteiger partial charge in [-0.3, -0.25) is 4.90 Å². The maximum Gasteiger partial charge on any atom is 0.315 e. The molecule has 3 rings (SSSR count). The molecule has 0 aromatic heterocycles. The predicted octanol–water partition coefficient (Wildman–Crippen LogP) is 2.62. The van der Waals surface area contributed by atoms with E-state index in [1.54, 1.807) is 0 Å². The fraction of sp³-hybridized carbons (Fsp3) is 0.381. The standard InChI is InChI=1S/C21H28N4O/c1-17(24-21(26)23-13-16-25-14-11-22-12-15-25)18-7-9-20(10-8-18)19-5-3-2-4-6-19/h2-10,17,22H,11-16H2,1H3,(H2,23,24,26). The molecule has 1 aliphatic heterocycles. The van der Waals surface area contributed by atoms with E-state index < -0.39 is 0 Å². The summed E-state index contributed by atoms with van der Waals surface area (Å²) in [5.74, 6) is 0. The molecule has 2 aromatic carbocycles. The Morgan fingerprint density at radius 1 is 1.04 bits per heavy atom. The van der Waals surface area contributed by atoms with Gasteiger partial charge in [0.15, 0.2) is 0 Å². The van der Waals surface area contributed by atoms with Crippen molar-refractivity contribution >= 4 is 6.03 Å². The van der Waals surface area contributed by atoms with Crippen LogP contribution in [0.3, 0.4) is 0 Å². The van der Waals surface area contributed by atoms with Crippen molar-refractivity contribution in [2.75, 3.05) is 39.3 Å². The number of hydrogen-bond donors (Lipinski definition) is 3. The van der Waals surface area contributed by atoms with Gasteiger partial charge in [0.25, 0.3) is 0 Å². The van der Waals surface area contributed by atoms with Crippen molar-refractivity contribution in [3.05, 3.63) is 60.2 Å². The van der Waals surface area contributed by atoms with Crippen LogP contribution in [-0.2, 0) is 0 Å². The van der Waals surface area contributed by atoms with Crippen molar-refractivity contribution in [1.29, 1.82) is 0 Å². The molecule has 5 heteroatoms. The smallest absolute Gasteiger partial charge is 0.315 e. The number of benzene rings is 2. The largest absolute Gasteiger partial charge is 0.337 e. The lowest BCUT2D eigenvalue weighted by Crippen LogP contribution is -2.47. The Balaban J connectivity index is 1.45. The van der Waals surface area contributed by atoms with Crippen LogP contribution in [0.5, 0.6) is 0 Å². The average Bonchev–Trinajstić information content (AvgIpc) is 2.69. The Hall–Kier alpha value is -2.37. The summed E-state index contributed by atoms with van der Waals surface area (Å²) < 4.78 is 0.